The molecular formula is C14H21ClN2O. The van der Waals surface area contributed by atoms with Crippen molar-refractivity contribution in [1.82, 2.24) is 5.32 Å². The van der Waals surface area contributed by atoms with Gasteiger partial charge in [-0.05, 0) is 30.7 Å². The third-order valence-corrected chi connectivity index (χ3v) is 3.73. The molecule has 1 aliphatic heterocycles. The molecule has 2 rings (SSSR count). The van der Waals surface area contributed by atoms with Crippen molar-refractivity contribution in [3.8, 4) is 0 Å². The van der Waals surface area contributed by atoms with Crippen molar-refractivity contribution >= 4 is 17.3 Å². The van der Waals surface area contributed by atoms with Crippen LogP contribution in [0, 0.1) is 0 Å². The van der Waals surface area contributed by atoms with E-state index in [1.54, 1.807) is 0 Å². The average Bonchev–Trinajstić information content (AvgIpc) is 2.89. The molecule has 1 aromatic carbocycles. The number of benzene rings is 1. The van der Waals surface area contributed by atoms with E-state index in [0.717, 1.165) is 43.4 Å². The van der Waals surface area contributed by atoms with Gasteiger partial charge in [0.2, 0.25) is 0 Å². The first-order valence-corrected chi connectivity index (χ1v) is 6.90. The van der Waals surface area contributed by atoms with Gasteiger partial charge >= 0.3 is 0 Å². The van der Waals surface area contributed by atoms with Crippen molar-refractivity contribution in [2.75, 3.05) is 31.7 Å². The first-order chi connectivity index (χ1) is 8.72. The zero-order valence-electron chi connectivity index (χ0n) is 11.1. The third-order valence-electron chi connectivity index (χ3n) is 3.42. The van der Waals surface area contributed by atoms with Gasteiger partial charge < -0.3 is 15.0 Å². The minimum absolute atomic E-state index is 0.446. The van der Waals surface area contributed by atoms with Crippen LogP contribution < -0.4 is 10.2 Å². The molecule has 4 heteroatoms. The number of likely N-dealkylation sites (N-methyl/N-ethyl adjacent to an activating group) is 1. The van der Waals surface area contributed by atoms with Crippen LogP contribution in [0.3, 0.4) is 0 Å². The van der Waals surface area contributed by atoms with Crippen molar-refractivity contribution < 1.29 is 4.74 Å². The number of halogens is 1. The number of nitrogens with one attached hydrogen (secondary N) is 1. The fourth-order valence-corrected chi connectivity index (χ4v) is 2.58. The summed E-state index contributed by atoms with van der Waals surface area (Å²) in [5.41, 5.74) is 2.31. The summed E-state index contributed by atoms with van der Waals surface area (Å²) in [6.45, 7) is 5.59. The van der Waals surface area contributed by atoms with E-state index >= 15 is 0 Å². The summed E-state index contributed by atoms with van der Waals surface area (Å²) in [5, 5.41) is 4.12. The quantitative estimate of drug-likeness (QED) is 0.889. The highest BCUT2D eigenvalue weighted by Crippen LogP contribution is 2.29. The molecule has 3 nitrogen and oxygen atoms in total. The van der Waals surface area contributed by atoms with Gasteiger partial charge in [-0.3, -0.25) is 0 Å². The summed E-state index contributed by atoms with van der Waals surface area (Å²) >= 11 is 6.37. The third kappa shape index (κ3) is 3.16. The van der Waals surface area contributed by atoms with Gasteiger partial charge in [-0.2, -0.15) is 0 Å². The van der Waals surface area contributed by atoms with Crippen LogP contribution in [0.4, 0.5) is 5.69 Å². The lowest BCUT2D eigenvalue weighted by atomic mass is 10.1. The summed E-state index contributed by atoms with van der Waals surface area (Å²) in [5.74, 6) is 0. The number of hydrogen-bond donors (Lipinski definition) is 1. The van der Waals surface area contributed by atoms with Gasteiger partial charge in [0, 0.05) is 20.2 Å². The molecule has 0 amide bonds. The number of anilines is 1. The van der Waals surface area contributed by atoms with E-state index in [4.69, 9.17) is 16.3 Å². The van der Waals surface area contributed by atoms with Crippen LogP contribution in [0.5, 0.6) is 0 Å². The Morgan fingerprint density at radius 3 is 2.94 bits per heavy atom. The standard InChI is InChI=1S/C14H21ClN2O/c1-3-16-9-11-4-5-14(13(15)8-11)17(2)12-6-7-18-10-12/h4-5,8,12,16H,3,6-7,9-10H2,1-2H3. The SMILES string of the molecule is CCNCc1ccc(N(C)C2CCOC2)c(Cl)c1. The fourth-order valence-electron chi connectivity index (χ4n) is 2.24. The predicted octanol–water partition coefficient (Wildman–Crippen LogP) is 2.67. The van der Waals surface area contributed by atoms with E-state index in [9.17, 15) is 0 Å². The summed E-state index contributed by atoms with van der Waals surface area (Å²) in [7, 11) is 2.09. The van der Waals surface area contributed by atoms with Gasteiger partial charge in [-0.1, -0.05) is 24.6 Å². The minimum Gasteiger partial charge on any atom is -0.379 e. The highest BCUT2D eigenvalue weighted by atomic mass is 35.5. The highest BCUT2D eigenvalue weighted by molar-refractivity contribution is 6.33. The van der Waals surface area contributed by atoms with Gasteiger partial charge in [0.25, 0.3) is 0 Å². The van der Waals surface area contributed by atoms with Crippen LogP contribution in [-0.4, -0.2) is 32.8 Å². The largest absolute Gasteiger partial charge is 0.379 e. The Morgan fingerprint density at radius 2 is 2.33 bits per heavy atom. The molecule has 0 spiro atoms. The molecule has 0 bridgehead atoms. The lowest BCUT2D eigenvalue weighted by Crippen LogP contribution is -2.31. The molecule has 1 N–H and O–H groups in total. The van der Waals surface area contributed by atoms with E-state index in [2.05, 4.69) is 36.3 Å². The first-order valence-electron chi connectivity index (χ1n) is 6.52. The molecule has 1 saturated heterocycles. The fraction of sp³-hybridized carbons (Fsp3) is 0.571. The zero-order chi connectivity index (χ0) is 13.0. The summed E-state index contributed by atoms with van der Waals surface area (Å²) < 4.78 is 5.42. The van der Waals surface area contributed by atoms with E-state index in [1.165, 1.54) is 5.56 Å². The summed E-state index contributed by atoms with van der Waals surface area (Å²) in [6.07, 6.45) is 1.08. The van der Waals surface area contributed by atoms with Crippen molar-refractivity contribution in [3.05, 3.63) is 28.8 Å². The molecule has 1 aromatic rings. The number of ether oxygens (including phenoxy) is 1. The molecule has 1 heterocycles. The zero-order valence-corrected chi connectivity index (χ0v) is 11.8. The van der Waals surface area contributed by atoms with Gasteiger partial charge in [-0.15, -0.1) is 0 Å². The molecule has 100 valence electrons. The predicted molar refractivity (Wildman–Crippen MR) is 76.5 cm³/mol. The summed E-state index contributed by atoms with van der Waals surface area (Å²) in [4.78, 5) is 2.23. The van der Waals surface area contributed by atoms with Gasteiger partial charge in [0.1, 0.15) is 0 Å². The molecular weight excluding hydrogens is 248 g/mol. The Morgan fingerprint density at radius 1 is 1.50 bits per heavy atom. The van der Waals surface area contributed by atoms with Crippen LogP contribution in [-0.2, 0) is 11.3 Å². The lowest BCUT2D eigenvalue weighted by Gasteiger charge is -2.26. The minimum atomic E-state index is 0.446. The van der Waals surface area contributed by atoms with Crippen LogP contribution in [0.1, 0.15) is 18.9 Å². The van der Waals surface area contributed by atoms with E-state index in [1.807, 2.05) is 6.07 Å². The number of hydrogen-bond acceptors (Lipinski definition) is 3. The first kappa shape index (κ1) is 13.7. The monoisotopic (exact) mass is 268 g/mol. The van der Waals surface area contributed by atoms with E-state index in [0.29, 0.717) is 6.04 Å². The second-order valence-electron chi connectivity index (χ2n) is 4.69. The second-order valence-corrected chi connectivity index (χ2v) is 5.10. The average molecular weight is 269 g/mol. The molecule has 1 atom stereocenters. The topological polar surface area (TPSA) is 24.5 Å². The molecule has 1 unspecified atom stereocenters. The Hall–Kier alpha value is -0.770. The molecule has 0 radical (unpaired) electrons. The molecule has 1 aliphatic rings. The smallest absolute Gasteiger partial charge is 0.0670 e. The van der Waals surface area contributed by atoms with Crippen molar-refractivity contribution in [1.29, 1.82) is 0 Å². The molecule has 0 aromatic heterocycles. The van der Waals surface area contributed by atoms with Crippen molar-refractivity contribution in [2.24, 2.45) is 0 Å². The van der Waals surface area contributed by atoms with Gasteiger partial charge in [0.05, 0.1) is 23.4 Å². The summed E-state index contributed by atoms with van der Waals surface area (Å²) in [6, 6.07) is 6.73. The van der Waals surface area contributed by atoms with Gasteiger partial charge in [-0.25, -0.2) is 0 Å². The maximum Gasteiger partial charge on any atom is 0.0670 e. The molecule has 0 aliphatic carbocycles. The van der Waals surface area contributed by atoms with E-state index < -0.39 is 0 Å². The van der Waals surface area contributed by atoms with Crippen molar-refractivity contribution in [2.45, 2.75) is 25.9 Å². The van der Waals surface area contributed by atoms with Gasteiger partial charge in [0.15, 0.2) is 0 Å². The van der Waals surface area contributed by atoms with Crippen LogP contribution in [0.25, 0.3) is 0 Å². The normalized spacial score (nSPS) is 19.2. The number of rotatable bonds is 5. The van der Waals surface area contributed by atoms with Crippen LogP contribution in [0.15, 0.2) is 18.2 Å². The highest BCUT2D eigenvalue weighted by Gasteiger charge is 2.21. The Balaban J connectivity index is 2.08. The lowest BCUT2D eigenvalue weighted by molar-refractivity contribution is 0.193. The van der Waals surface area contributed by atoms with Crippen molar-refractivity contribution in [3.63, 3.8) is 0 Å². The molecule has 0 saturated carbocycles. The van der Waals surface area contributed by atoms with E-state index in [-0.39, 0.29) is 0 Å². The molecule has 18 heavy (non-hydrogen) atoms. The van der Waals surface area contributed by atoms with Crippen LogP contribution in [0.2, 0.25) is 5.02 Å². The molecule has 1 fully saturated rings. The van der Waals surface area contributed by atoms with Crippen LogP contribution >= 0.6 is 11.6 Å². The maximum absolute atomic E-state index is 6.37. The Labute approximate surface area is 114 Å². The number of nitrogens with zero attached hydrogens (tertiary/aromatic N) is 1. The maximum atomic E-state index is 6.37. The Bertz CT molecular complexity index is 391. The Kier molecular flexibility index (Phi) is 4.87. The second kappa shape index (κ2) is 6.41.